The molecule has 1 rings (SSSR count). The van der Waals surface area contributed by atoms with Gasteiger partial charge in [-0.3, -0.25) is 19.7 Å². The summed E-state index contributed by atoms with van der Waals surface area (Å²) in [6, 6.07) is 5.42. The lowest BCUT2D eigenvalue weighted by Gasteiger charge is -2.04. The Morgan fingerprint density at radius 1 is 1.48 bits per heavy atom. The molecule has 0 aliphatic carbocycles. The van der Waals surface area contributed by atoms with Crippen LogP contribution >= 0.6 is 27.7 Å². The Balaban J connectivity index is 2.98. The summed E-state index contributed by atoms with van der Waals surface area (Å²) in [7, 11) is 0. The topological polar surface area (TPSA) is 106 Å². The Morgan fingerprint density at radius 3 is 2.57 bits per heavy atom. The van der Waals surface area contributed by atoms with Crippen molar-refractivity contribution in [1.82, 2.24) is 4.84 Å². The van der Waals surface area contributed by atoms with E-state index in [0.717, 1.165) is 0 Å². The lowest BCUT2D eigenvalue weighted by atomic mass is 10.3. The number of carbonyl (C=O) groups is 1. The zero-order chi connectivity index (χ0) is 15.8. The number of hydrogen-bond donors (Lipinski definition) is 1. The van der Waals surface area contributed by atoms with Crippen LogP contribution in [0.3, 0.4) is 0 Å². The molecule has 10 heteroatoms. The minimum atomic E-state index is -0.636. The van der Waals surface area contributed by atoms with Gasteiger partial charge in [0.1, 0.15) is 4.48 Å². The van der Waals surface area contributed by atoms with Crippen LogP contribution in [0.4, 0.5) is 11.4 Å². The first-order valence-corrected chi connectivity index (χ1v) is 6.76. The number of nitro groups is 1. The average Bonchev–Trinajstić information content (AvgIpc) is 2.50. The van der Waals surface area contributed by atoms with E-state index in [0.29, 0.717) is 5.69 Å². The van der Waals surface area contributed by atoms with Crippen molar-refractivity contribution in [2.24, 2.45) is 10.2 Å². The summed E-state index contributed by atoms with van der Waals surface area (Å²) < 4.78 is 5.13. The first-order valence-electron chi connectivity index (χ1n) is 5.59. The van der Waals surface area contributed by atoms with Crippen LogP contribution in [0.2, 0.25) is 0 Å². The van der Waals surface area contributed by atoms with Crippen molar-refractivity contribution in [1.29, 1.82) is 0 Å². The minimum absolute atomic E-state index is 0.0231. The van der Waals surface area contributed by atoms with Gasteiger partial charge in [-0.2, -0.15) is 0 Å². The molecule has 0 fully saturated rings. The second kappa shape index (κ2) is 8.32. The highest BCUT2D eigenvalue weighted by atomic mass is 79.9. The number of non-ortho nitro benzene ring substituents is 1. The standard InChI is InChI=1S/C11H10BrClN4O4/c1-2-21-11(9(12)10(18)14-13)16-15-7-3-5-8(6-4-7)17(19)20/h3-6H,2H2,1H3,(H,14,18)/b11-9-,16-15?. The molecule has 112 valence electrons. The van der Waals surface area contributed by atoms with Crippen LogP contribution in [0, 0.1) is 10.1 Å². The zero-order valence-electron chi connectivity index (χ0n) is 10.7. The van der Waals surface area contributed by atoms with Crippen LogP contribution in [0.15, 0.2) is 44.9 Å². The van der Waals surface area contributed by atoms with Crippen LogP contribution in [0.1, 0.15) is 6.92 Å². The Labute approximate surface area is 133 Å². The molecular formula is C11H10BrClN4O4. The lowest BCUT2D eigenvalue weighted by molar-refractivity contribution is -0.384. The molecule has 0 spiro atoms. The summed E-state index contributed by atoms with van der Waals surface area (Å²) in [6.45, 7) is 1.97. The Morgan fingerprint density at radius 2 is 2.10 bits per heavy atom. The Bertz CT molecular complexity index is 588. The number of nitrogens with zero attached hydrogens (tertiary/aromatic N) is 3. The van der Waals surface area contributed by atoms with Crippen molar-refractivity contribution in [2.75, 3.05) is 6.61 Å². The maximum Gasteiger partial charge on any atom is 0.278 e. The van der Waals surface area contributed by atoms with Crippen LogP contribution in [-0.2, 0) is 9.53 Å². The van der Waals surface area contributed by atoms with E-state index in [9.17, 15) is 14.9 Å². The largest absolute Gasteiger partial charge is 0.476 e. The van der Waals surface area contributed by atoms with Gasteiger partial charge in [0.05, 0.1) is 17.2 Å². The smallest absolute Gasteiger partial charge is 0.278 e. The molecule has 0 aromatic heterocycles. The van der Waals surface area contributed by atoms with Crippen LogP contribution in [-0.4, -0.2) is 17.4 Å². The highest BCUT2D eigenvalue weighted by Gasteiger charge is 2.13. The molecule has 0 unspecified atom stereocenters. The number of rotatable bonds is 6. The van der Waals surface area contributed by atoms with Crippen molar-refractivity contribution in [3.8, 4) is 0 Å². The second-order valence-electron chi connectivity index (χ2n) is 3.45. The van der Waals surface area contributed by atoms with Crippen molar-refractivity contribution in [2.45, 2.75) is 6.92 Å². The first kappa shape index (κ1) is 17.1. The molecular weight excluding hydrogens is 368 g/mol. The number of ether oxygens (including phenoxy) is 1. The molecule has 1 N–H and O–H groups in total. The average molecular weight is 378 g/mol. The summed E-state index contributed by atoms with van der Waals surface area (Å²) in [6.07, 6.45) is 0. The third-order valence-electron chi connectivity index (χ3n) is 2.07. The van der Waals surface area contributed by atoms with Gasteiger partial charge in [0.25, 0.3) is 17.5 Å². The van der Waals surface area contributed by atoms with Crippen LogP contribution < -0.4 is 4.84 Å². The SMILES string of the molecule is CCO/C(N=Nc1ccc([N+](=O)[O-])cc1)=C(\Br)C(=O)NCl. The Kier molecular flexibility index (Phi) is 6.76. The van der Waals surface area contributed by atoms with E-state index in [1.165, 1.54) is 24.3 Å². The molecule has 0 radical (unpaired) electrons. The predicted molar refractivity (Wildman–Crippen MR) is 79.2 cm³/mol. The van der Waals surface area contributed by atoms with Gasteiger partial charge in [-0.1, -0.05) is 0 Å². The number of azo groups is 1. The van der Waals surface area contributed by atoms with Gasteiger partial charge in [-0.05, 0) is 35.0 Å². The van der Waals surface area contributed by atoms with E-state index in [4.69, 9.17) is 16.5 Å². The van der Waals surface area contributed by atoms with E-state index >= 15 is 0 Å². The molecule has 1 aromatic carbocycles. The minimum Gasteiger partial charge on any atom is -0.476 e. The summed E-state index contributed by atoms with van der Waals surface area (Å²) >= 11 is 8.19. The van der Waals surface area contributed by atoms with Gasteiger partial charge in [0.2, 0.25) is 0 Å². The number of carbonyl (C=O) groups excluding carboxylic acids is 1. The fourth-order valence-electron chi connectivity index (χ4n) is 1.16. The van der Waals surface area contributed by atoms with E-state index in [2.05, 4.69) is 26.2 Å². The maximum atomic E-state index is 11.4. The molecule has 0 atom stereocenters. The fraction of sp³-hybridized carbons (Fsp3) is 0.182. The molecule has 0 aliphatic rings. The van der Waals surface area contributed by atoms with Crippen LogP contribution in [0.5, 0.6) is 0 Å². The highest BCUT2D eigenvalue weighted by molar-refractivity contribution is 9.12. The summed E-state index contributed by atoms with van der Waals surface area (Å²) in [5.41, 5.74) is 0.307. The highest BCUT2D eigenvalue weighted by Crippen LogP contribution is 2.21. The van der Waals surface area contributed by atoms with E-state index < -0.39 is 10.8 Å². The number of nitro benzene ring substituents is 1. The molecule has 21 heavy (non-hydrogen) atoms. The summed E-state index contributed by atoms with van der Waals surface area (Å²) in [5.74, 6) is -0.697. The quantitative estimate of drug-likeness (QED) is 0.204. The van der Waals surface area contributed by atoms with Crippen LogP contribution in [0.25, 0.3) is 0 Å². The van der Waals surface area contributed by atoms with Gasteiger partial charge >= 0.3 is 0 Å². The van der Waals surface area contributed by atoms with E-state index in [1.54, 1.807) is 6.92 Å². The van der Waals surface area contributed by atoms with E-state index in [-0.39, 0.29) is 22.7 Å². The lowest BCUT2D eigenvalue weighted by Crippen LogP contribution is -2.13. The van der Waals surface area contributed by atoms with Gasteiger partial charge in [-0.15, -0.1) is 10.2 Å². The number of halogens is 2. The summed E-state index contributed by atoms with van der Waals surface area (Å²) in [4.78, 5) is 23.2. The third kappa shape index (κ3) is 5.12. The predicted octanol–water partition coefficient (Wildman–Crippen LogP) is 3.55. The third-order valence-corrected chi connectivity index (χ3v) is 2.94. The van der Waals surface area contributed by atoms with Crippen molar-refractivity contribution in [3.05, 3.63) is 44.7 Å². The van der Waals surface area contributed by atoms with Gasteiger partial charge in [-0.25, -0.2) is 0 Å². The maximum absolute atomic E-state index is 11.4. The second-order valence-corrected chi connectivity index (χ2v) is 4.43. The zero-order valence-corrected chi connectivity index (χ0v) is 13.1. The van der Waals surface area contributed by atoms with Gasteiger partial charge in [0.15, 0.2) is 0 Å². The molecule has 1 amide bonds. The Hall–Kier alpha value is -2.00. The van der Waals surface area contributed by atoms with Gasteiger partial charge in [0, 0.05) is 23.9 Å². The molecule has 0 saturated carbocycles. The van der Waals surface area contributed by atoms with Gasteiger partial charge < -0.3 is 4.74 Å². The van der Waals surface area contributed by atoms with Crippen molar-refractivity contribution < 1.29 is 14.5 Å². The molecule has 0 heterocycles. The van der Waals surface area contributed by atoms with E-state index in [1.807, 2.05) is 4.84 Å². The number of nitrogens with one attached hydrogen (secondary N) is 1. The molecule has 8 nitrogen and oxygen atoms in total. The molecule has 1 aromatic rings. The monoisotopic (exact) mass is 376 g/mol. The normalized spacial score (nSPS) is 12.0. The molecule has 0 aliphatic heterocycles. The number of benzene rings is 1. The first-order chi connectivity index (χ1) is 9.99. The summed E-state index contributed by atoms with van der Waals surface area (Å²) in [5, 5.41) is 18.1. The fourth-order valence-corrected chi connectivity index (χ4v) is 1.66. The number of amides is 1. The number of hydrogen-bond acceptors (Lipinski definition) is 6. The molecule has 0 saturated heterocycles. The van der Waals surface area contributed by atoms with Crippen molar-refractivity contribution in [3.63, 3.8) is 0 Å². The van der Waals surface area contributed by atoms with Crippen molar-refractivity contribution >= 4 is 45.0 Å². The molecule has 0 bridgehead atoms.